The molecule has 0 fully saturated rings. The van der Waals surface area contributed by atoms with E-state index in [0.29, 0.717) is 5.82 Å². The maximum absolute atomic E-state index is 9.80. The van der Waals surface area contributed by atoms with Crippen molar-refractivity contribution in [1.29, 1.82) is 0 Å². The molecule has 68 valence electrons. The zero-order valence-electron chi connectivity index (χ0n) is 7.36. The van der Waals surface area contributed by atoms with Crippen molar-refractivity contribution in [3.05, 3.63) is 47.5 Å². The highest BCUT2D eigenvalue weighted by atomic mass is 16.3. The lowest BCUT2D eigenvalue weighted by Crippen LogP contribution is -2.00. The molecule has 0 aliphatic rings. The number of rotatable bonds is 2. The van der Waals surface area contributed by atoms with E-state index >= 15 is 0 Å². The maximum Gasteiger partial charge on any atom is 0.126 e. The highest BCUT2D eigenvalue weighted by molar-refractivity contribution is 5.24. The number of nitrogens with one attached hydrogen (secondary N) is 1. The van der Waals surface area contributed by atoms with Crippen molar-refractivity contribution < 1.29 is 5.11 Å². The van der Waals surface area contributed by atoms with Crippen molar-refractivity contribution in [1.82, 2.24) is 9.97 Å². The van der Waals surface area contributed by atoms with Crippen LogP contribution in [-0.2, 0) is 0 Å². The molecule has 0 spiro atoms. The molecule has 1 heterocycles. The number of nitrogens with zero attached hydrogens (tertiary/aromatic N) is 1. The smallest absolute Gasteiger partial charge is 0.126 e. The summed E-state index contributed by atoms with van der Waals surface area (Å²) in [5, 5.41) is 9.80. The first-order valence-electron chi connectivity index (χ1n) is 4.18. The number of aliphatic hydroxyl groups excluding tert-OH is 1. The van der Waals surface area contributed by atoms with Crippen LogP contribution in [0, 0.1) is 6.92 Å². The summed E-state index contributed by atoms with van der Waals surface area (Å²) >= 11 is 0. The molecule has 0 saturated heterocycles. The number of aromatic amines is 1. The van der Waals surface area contributed by atoms with E-state index in [2.05, 4.69) is 9.97 Å². The third-order valence-corrected chi connectivity index (χ3v) is 1.99. The van der Waals surface area contributed by atoms with Crippen molar-refractivity contribution >= 4 is 0 Å². The van der Waals surface area contributed by atoms with Gasteiger partial charge in [0.2, 0.25) is 0 Å². The largest absolute Gasteiger partial charge is 0.394 e. The van der Waals surface area contributed by atoms with Crippen LogP contribution in [0.2, 0.25) is 0 Å². The average molecular weight is 175 g/mol. The van der Waals surface area contributed by atoms with Crippen LogP contribution in [0.5, 0.6) is 0 Å². The molecule has 1 aromatic carbocycles. The summed E-state index contributed by atoms with van der Waals surface area (Å²) in [6, 6.07) is 7.55. The molecule has 0 bridgehead atoms. The Balaban J connectivity index is 2.28. The molecule has 3 nitrogen and oxygen atoms in total. The Morgan fingerprint density at radius 1 is 1.62 bits per heavy atom. The molecule has 0 aliphatic carbocycles. The van der Waals surface area contributed by atoms with Crippen LogP contribution in [-0.4, -0.2) is 15.1 Å². The van der Waals surface area contributed by atoms with E-state index in [0.717, 1.165) is 11.3 Å². The summed E-state index contributed by atoms with van der Waals surface area (Å²) in [5.74, 6) is 0.601. The fourth-order valence-corrected chi connectivity index (χ4v) is 1.30. The minimum atomic E-state index is -0.635. The Morgan fingerprint density at radius 3 is 3.00 bits per heavy atom. The van der Waals surface area contributed by atoms with Gasteiger partial charge in [-0.15, -0.1) is 0 Å². The number of aliphatic hydroxyl groups is 1. The van der Waals surface area contributed by atoms with Crippen molar-refractivity contribution in [3.63, 3.8) is 0 Å². The van der Waals surface area contributed by atoms with Crippen molar-refractivity contribution in [2.24, 2.45) is 0 Å². The van der Waals surface area contributed by atoms with Gasteiger partial charge in [-0.25, -0.2) is 11.1 Å². The van der Waals surface area contributed by atoms with Gasteiger partial charge >= 0.3 is 0 Å². The van der Waals surface area contributed by atoms with E-state index in [-0.39, 0.29) is 0 Å². The van der Waals surface area contributed by atoms with Crippen LogP contribution < -0.4 is 0 Å². The van der Waals surface area contributed by atoms with Crippen LogP contribution in [0.25, 0.3) is 0 Å². The molecular weight excluding hydrogens is 164 g/mol. The van der Waals surface area contributed by atoms with Gasteiger partial charge in [0.15, 0.2) is 0 Å². The Morgan fingerprint density at radius 2 is 2.46 bits per heavy atom. The van der Waals surface area contributed by atoms with E-state index in [1.54, 1.807) is 6.20 Å². The molecule has 2 N–H and O–H groups in total. The van der Waals surface area contributed by atoms with Crippen molar-refractivity contribution in [3.8, 4) is 0 Å². The molecule has 1 aromatic heterocycles. The summed E-state index contributed by atoms with van der Waals surface area (Å²) < 4.78 is 0. The highest BCUT2D eigenvalue weighted by Gasteiger charge is 2.07. The van der Waals surface area contributed by atoms with Crippen LogP contribution in [0.4, 0.5) is 0 Å². The van der Waals surface area contributed by atoms with Crippen LogP contribution in [0.1, 0.15) is 23.2 Å². The third-order valence-electron chi connectivity index (χ3n) is 1.99. The minimum Gasteiger partial charge on any atom is -0.394 e. The predicted octanol–water partition coefficient (Wildman–Crippen LogP) is 1.52. The van der Waals surface area contributed by atoms with Gasteiger partial charge in [0.25, 0.3) is 0 Å². The van der Waals surface area contributed by atoms with Gasteiger partial charge < -0.3 is 10.1 Å². The van der Waals surface area contributed by atoms with Gasteiger partial charge in [-0.3, -0.25) is 0 Å². The normalized spacial score (nSPS) is 13.1. The van der Waals surface area contributed by atoms with Crippen LogP contribution in [0.3, 0.4) is 0 Å². The first-order chi connectivity index (χ1) is 6.27. The second-order valence-corrected chi connectivity index (χ2v) is 3.07. The van der Waals surface area contributed by atoms with Gasteiger partial charge in [-0.05, 0) is 6.92 Å². The van der Waals surface area contributed by atoms with Gasteiger partial charge in [0.1, 0.15) is 5.82 Å². The second kappa shape index (κ2) is 3.11. The molecule has 0 aliphatic heterocycles. The first kappa shape index (κ1) is 8.13. The number of imidazole rings is 1. The number of hydrogen-bond acceptors (Lipinski definition) is 2. The second-order valence-electron chi connectivity index (χ2n) is 3.07. The van der Waals surface area contributed by atoms with Crippen molar-refractivity contribution in [2.45, 2.75) is 13.0 Å². The van der Waals surface area contributed by atoms with E-state index in [1.165, 1.54) is 0 Å². The Labute approximate surface area is 76.4 Å². The quantitative estimate of drug-likeness (QED) is 0.680. The molecule has 1 unspecified atom stereocenters. The average Bonchev–Trinajstić information content (AvgIpc) is 2.72. The molecule has 0 saturated carbocycles. The summed E-state index contributed by atoms with van der Waals surface area (Å²) in [5.41, 5.74) is 1.83. The van der Waals surface area contributed by atoms with Crippen LogP contribution in [0.15, 0.2) is 30.5 Å². The number of aryl methyl sites for hydroxylation is 1. The molecule has 1 atom stereocenters. The minimum absolute atomic E-state index is 0.601. The highest BCUT2D eigenvalue weighted by Crippen LogP contribution is 2.18. The maximum atomic E-state index is 9.80. The SMILES string of the molecule is Cc1cnc(C(O)c2cc[cH-]c2)[nH]1. The number of aromatic nitrogens is 2. The van der Waals surface area contributed by atoms with E-state index in [9.17, 15) is 5.11 Å². The first-order valence-corrected chi connectivity index (χ1v) is 4.18. The fraction of sp³-hybridized carbons (Fsp3) is 0.200. The van der Waals surface area contributed by atoms with Gasteiger partial charge in [-0.1, -0.05) is 0 Å². The molecule has 13 heavy (non-hydrogen) atoms. The summed E-state index contributed by atoms with van der Waals surface area (Å²) in [6.07, 6.45) is 1.07. The predicted molar refractivity (Wildman–Crippen MR) is 49.4 cm³/mol. The molecule has 2 aromatic rings. The Kier molecular flexibility index (Phi) is 1.94. The summed E-state index contributed by atoms with van der Waals surface area (Å²) in [6.45, 7) is 1.91. The standard InChI is InChI=1S/C10H11N2O/c1-7-6-11-10(12-7)9(13)8-4-2-3-5-8/h2-6,9,13H,1H3,(H,11,12)/q-1. The van der Waals surface area contributed by atoms with Gasteiger partial charge in [-0.2, -0.15) is 23.8 Å². The van der Waals surface area contributed by atoms with Crippen LogP contribution >= 0.6 is 0 Å². The summed E-state index contributed by atoms with van der Waals surface area (Å²) in [7, 11) is 0. The van der Waals surface area contributed by atoms with Crippen molar-refractivity contribution in [2.75, 3.05) is 0 Å². The number of H-pyrrole nitrogens is 1. The fourth-order valence-electron chi connectivity index (χ4n) is 1.30. The van der Waals surface area contributed by atoms with E-state index in [4.69, 9.17) is 0 Å². The molecule has 3 heteroatoms. The Hall–Kier alpha value is -1.48. The lowest BCUT2D eigenvalue weighted by molar-refractivity contribution is 0.211. The van der Waals surface area contributed by atoms with E-state index < -0.39 is 6.10 Å². The Bertz CT molecular complexity index is 375. The molecule has 0 radical (unpaired) electrons. The lowest BCUT2D eigenvalue weighted by atomic mass is 10.2. The van der Waals surface area contributed by atoms with E-state index in [1.807, 2.05) is 31.2 Å². The topological polar surface area (TPSA) is 48.9 Å². The monoisotopic (exact) mass is 175 g/mol. The van der Waals surface area contributed by atoms with Gasteiger partial charge in [0, 0.05) is 11.9 Å². The zero-order valence-corrected chi connectivity index (χ0v) is 7.36. The molecule has 2 rings (SSSR count). The third kappa shape index (κ3) is 1.51. The summed E-state index contributed by atoms with van der Waals surface area (Å²) in [4.78, 5) is 7.07. The molecular formula is C10H11N2O-. The van der Waals surface area contributed by atoms with Gasteiger partial charge in [0.05, 0.1) is 6.10 Å². The molecule has 0 amide bonds. The number of hydrogen-bond donors (Lipinski definition) is 2. The lowest BCUT2D eigenvalue weighted by Gasteiger charge is -2.10. The zero-order chi connectivity index (χ0) is 9.26.